The molecule has 4 rings (SSSR count). The lowest BCUT2D eigenvalue weighted by Gasteiger charge is -2.26. The Hall–Kier alpha value is -1.99. The zero-order valence-electron chi connectivity index (χ0n) is 17.5. The van der Waals surface area contributed by atoms with Crippen molar-refractivity contribution in [2.24, 2.45) is 5.73 Å². The minimum Gasteiger partial charge on any atom is -0.401 e. The first kappa shape index (κ1) is 21.2. The molecule has 2 heterocycles. The number of hydrogen-bond acceptors (Lipinski definition) is 6. The molecule has 30 heavy (non-hydrogen) atoms. The van der Waals surface area contributed by atoms with Gasteiger partial charge < -0.3 is 20.9 Å². The highest BCUT2D eigenvalue weighted by atomic mass is 32.2. The number of rotatable bonds is 6. The van der Waals surface area contributed by atoms with E-state index in [2.05, 4.69) is 40.6 Å². The van der Waals surface area contributed by atoms with E-state index in [1.54, 1.807) is 0 Å². The smallest absolute Gasteiger partial charge is 0.0778 e. The molecule has 1 saturated heterocycles. The van der Waals surface area contributed by atoms with E-state index in [0.717, 1.165) is 61.3 Å². The lowest BCUT2D eigenvalue weighted by molar-refractivity contribution is 0.0342. The van der Waals surface area contributed by atoms with E-state index in [0.29, 0.717) is 11.7 Å². The highest BCUT2D eigenvalue weighted by Gasteiger charge is 2.27. The van der Waals surface area contributed by atoms with E-state index in [4.69, 9.17) is 10.5 Å². The highest BCUT2D eigenvalue weighted by Crippen LogP contribution is 2.48. The molecule has 2 aliphatic heterocycles. The maximum Gasteiger partial charge on any atom is 0.0778 e. The second-order valence-corrected chi connectivity index (χ2v) is 9.16. The van der Waals surface area contributed by atoms with Crippen molar-refractivity contribution < 1.29 is 9.84 Å². The maximum atomic E-state index is 9.86. The number of hydrogen-bond donors (Lipinski definition) is 3. The molecule has 5 nitrogen and oxygen atoms in total. The molecule has 6 heteroatoms. The Labute approximate surface area is 183 Å². The van der Waals surface area contributed by atoms with Gasteiger partial charge in [0.15, 0.2) is 0 Å². The van der Waals surface area contributed by atoms with Crippen molar-refractivity contribution in [1.29, 1.82) is 0 Å². The molecular weight excluding hydrogens is 394 g/mol. The number of thioether (sulfide) groups is 1. The van der Waals surface area contributed by atoms with Crippen LogP contribution in [0.5, 0.6) is 0 Å². The molecule has 0 amide bonds. The third-order valence-corrected chi connectivity index (χ3v) is 7.12. The highest BCUT2D eigenvalue weighted by molar-refractivity contribution is 8.03. The Bertz CT molecular complexity index is 867. The lowest BCUT2D eigenvalue weighted by Crippen LogP contribution is -2.35. The van der Waals surface area contributed by atoms with Gasteiger partial charge in [-0.25, -0.2) is 0 Å². The molecule has 0 bridgehead atoms. The Morgan fingerprint density at radius 3 is 2.77 bits per heavy atom. The van der Waals surface area contributed by atoms with Crippen LogP contribution in [0, 0.1) is 0 Å². The van der Waals surface area contributed by atoms with Gasteiger partial charge in [0, 0.05) is 53.3 Å². The summed E-state index contributed by atoms with van der Waals surface area (Å²) in [6.07, 6.45) is 8.99. The van der Waals surface area contributed by atoms with Gasteiger partial charge in [-0.1, -0.05) is 36.4 Å². The first-order valence-electron chi connectivity index (χ1n) is 10.7. The zero-order valence-corrected chi connectivity index (χ0v) is 18.3. The lowest BCUT2D eigenvalue weighted by atomic mass is 10.0. The van der Waals surface area contributed by atoms with Gasteiger partial charge in [-0.15, -0.1) is 11.8 Å². The molecule has 4 N–H and O–H groups in total. The van der Waals surface area contributed by atoms with Crippen molar-refractivity contribution in [3.8, 4) is 0 Å². The van der Waals surface area contributed by atoms with E-state index >= 15 is 0 Å². The fourth-order valence-corrected chi connectivity index (χ4v) is 5.36. The third-order valence-electron chi connectivity index (χ3n) is 5.68. The quantitative estimate of drug-likeness (QED) is 0.647. The van der Waals surface area contributed by atoms with Crippen molar-refractivity contribution in [2.75, 3.05) is 26.3 Å². The van der Waals surface area contributed by atoms with Gasteiger partial charge in [0.25, 0.3) is 0 Å². The SMILES string of the molecule is C/C=C(/NC1=CC(O)CC=C1)C1=C(N)CC(c2ccc(CN3CCOCC3)cc2)S1. The molecule has 1 aromatic carbocycles. The fourth-order valence-electron chi connectivity index (χ4n) is 3.99. The largest absolute Gasteiger partial charge is 0.401 e. The van der Waals surface area contributed by atoms with Crippen LogP contribution < -0.4 is 11.1 Å². The third kappa shape index (κ3) is 5.19. The molecule has 3 aliphatic rings. The van der Waals surface area contributed by atoms with Crippen molar-refractivity contribution in [1.82, 2.24) is 10.2 Å². The summed E-state index contributed by atoms with van der Waals surface area (Å²) in [6.45, 7) is 6.67. The molecule has 2 unspecified atom stereocenters. The van der Waals surface area contributed by atoms with E-state index in [-0.39, 0.29) is 0 Å². The molecule has 1 aliphatic carbocycles. The Balaban J connectivity index is 1.38. The maximum absolute atomic E-state index is 9.86. The Kier molecular flexibility index (Phi) is 7.00. The van der Waals surface area contributed by atoms with Crippen LogP contribution in [0.1, 0.15) is 36.1 Å². The zero-order chi connectivity index (χ0) is 20.9. The number of aliphatic hydroxyl groups is 1. The van der Waals surface area contributed by atoms with Crippen LogP contribution >= 0.6 is 11.8 Å². The number of allylic oxidation sites excluding steroid dienone is 3. The predicted molar refractivity (Wildman–Crippen MR) is 123 cm³/mol. The second kappa shape index (κ2) is 9.88. The fraction of sp³-hybridized carbons (Fsp3) is 0.417. The van der Waals surface area contributed by atoms with Gasteiger partial charge in [-0.3, -0.25) is 4.90 Å². The molecule has 2 atom stereocenters. The Morgan fingerprint density at radius 1 is 1.30 bits per heavy atom. The standard InChI is InChI=1S/C24H31N3O2S/c1-2-22(26-19-4-3-5-20(28)14-19)24-21(25)15-23(30-24)18-8-6-17(7-9-18)16-27-10-12-29-13-11-27/h2-4,6-9,14,20,23,26,28H,5,10-13,15-16,25H2,1H3/b22-2+. The van der Waals surface area contributed by atoms with Crippen LogP contribution in [0.2, 0.25) is 0 Å². The van der Waals surface area contributed by atoms with Gasteiger partial charge in [0.2, 0.25) is 0 Å². The molecule has 0 saturated carbocycles. The molecule has 160 valence electrons. The predicted octanol–water partition coefficient (Wildman–Crippen LogP) is 3.57. The summed E-state index contributed by atoms with van der Waals surface area (Å²) < 4.78 is 5.44. The molecule has 0 spiro atoms. The number of benzene rings is 1. The van der Waals surface area contributed by atoms with Gasteiger partial charge in [0.1, 0.15) is 0 Å². The van der Waals surface area contributed by atoms with Crippen LogP contribution in [0.4, 0.5) is 0 Å². The summed E-state index contributed by atoms with van der Waals surface area (Å²) in [6, 6.07) is 8.98. The average Bonchev–Trinajstić information content (AvgIpc) is 3.15. The van der Waals surface area contributed by atoms with Crippen molar-refractivity contribution in [3.05, 3.63) is 81.7 Å². The first-order chi connectivity index (χ1) is 14.6. The summed E-state index contributed by atoms with van der Waals surface area (Å²) in [5.74, 6) is 0. The summed E-state index contributed by atoms with van der Waals surface area (Å²) in [7, 11) is 0. The summed E-state index contributed by atoms with van der Waals surface area (Å²) >= 11 is 1.82. The van der Waals surface area contributed by atoms with Gasteiger partial charge >= 0.3 is 0 Å². The number of nitrogens with zero attached hydrogens (tertiary/aromatic N) is 1. The van der Waals surface area contributed by atoms with E-state index in [1.807, 2.05) is 36.9 Å². The number of nitrogens with one attached hydrogen (secondary N) is 1. The Morgan fingerprint density at radius 2 is 2.07 bits per heavy atom. The monoisotopic (exact) mass is 425 g/mol. The van der Waals surface area contributed by atoms with E-state index in [9.17, 15) is 5.11 Å². The topological polar surface area (TPSA) is 70.8 Å². The van der Waals surface area contributed by atoms with Crippen LogP contribution in [0.15, 0.2) is 70.6 Å². The summed E-state index contributed by atoms with van der Waals surface area (Å²) in [4.78, 5) is 3.55. The number of nitrogens with two attached hydrogens (primary N) is 1. The van der Waals surface area contributed by atoms with Crippen LogP contribution in [0.3, 0.4) is 0 Å². The van der Waals surface area contributed by atoms with Gasteiger partial charge in [0.05, 0.1) is 19.3 Å². The van der Waals surface area contributed by atoms with Crippen molar-refractivity contribution in [3.63, 3.8) is 0 Å². The summed E-state index contributed by atoms with van der Waals surface area (Å²) in [5.41, 5.74) is 11.9. The normalized spacial score (nSPS) is 25.5. The minimum atomic E-state index is -0.429. The first-order valence-corrected chi connectivity index (χ1v) is 11.5. The van der Waals surface area contributed by atoms with E-state index < -0.39 is 6.10 Å². The average molecular weight is 426 g/mol. The van der Waals surface area contributed by atoms with Crippen molar-refractivity contribution in [2.45, 2.75) is 37.7 Å². The minimum absolute atomic E-state index is 0.329. The van der Waals surface area contributed by atoms with Gasteiger partial charge in [-0.05, 0) is 36.6 Å². The molecule has 1 fully saturated rings. The van der Waals surface area contributed by atoms with Crippen LogP contribution in [-0.2, 0) is 11.3 Å². The second-order valence-electron chi connectivity index (χ2n) is 7.95. The molecule has 0 radical (unpaired) electrons. The summed E-state index contributed by atoms with van der Waals surface area (Å²) in [5, 5.41) is 13.6. The van der Waals surface area contributed by atoms with Gasteiger partial charge in [-0.2, -0.15) is 0 Å². The number of morpholine rings is 1. The molecule has 0 aromatic heterocycles. The van der Waals surface area contributed by atoms with Crippen LogP contribution in [0.25, 0.3) is 0 Å². The number of aliphatic hydroxyl groups excluding tert-OH is 1. The number of ether oxygens (including phenoxy) is 1. The molecule has 1 aromatic rings. The van der Waals surface area contributed by atoms with Crippen LogP contribution in [-0.4, -0.2) is 42.4 Å². The molecular formula is C24H31N3O2S. The van der Waals surface area contributed by atoms with E-state index in [1.165, 1.54) is 11.1 Å². The van der Waals surface area contributed by atoms with Crippen molar-refractivity contribution >= 4 is 11.8 Å².